The predicted octanol–water partition coefficient (Wildman–Crippen LogP) is 4.92. The minimum atomic E-state index is -1.18. The van der Waals surface area contributed by atoms with E-state index in [9.17, 15) is 19.2 Å². The molecule has 0 fully saturated rings. The van der Waals surface area contributed by atoms with E-state index in [4.69, 9.17) is 14.6 Å². The van der Waals surface area contributed by atoms with Crippen LogP contribution >= 0.6 is 0 Å². The van der Waals surface area contributed by atoms with Crippen molar-refractivity contribution in [1.82, 2.24) is 10.6 Å². The van der Waals surface area contributed by atoms with Gasteiger partial charge >= 0.3 is 18.0 Å². The molecule has 9 nitrogen and oxygen atoms in total. The second-order valence-corrected chi connectivity index (χ2v) is 11.3. The summed E-state index contributed by atoms with van der Waals surface area (Å²) in [4.78, 5) is 48.8. The maximum Gasteiger partial charge on any atom is 0.407 e. The lowest BCUT2D eigenvalue weighted by Gasteiger charge is -2.23. The summed E-state index contributed by atoms with van der Waals surface area (Å²) in [6, 6.07) is 22.1. The second-order valence-electron chi connectivity index (χ2n) is 11.3. The van der Waals surface area contributed by atoms with Gasteiger partial charge in [-0.15, -0.1) is 0 Å². The van der Waals surface area contributed by atoms with Crippen LogP contribution in [0.2, 0.25) is 0 Å². The van der Waals surface area contributed by atoms with Gasteiger partial charge in [0.05, 0.1) is 0 Å². The molecule has 0 saturated heterocycles. The third kappa shape index (κ3) is 7.54. The van der Waals surface area contributed by atoms with Crippen LogP contribution in [0.3, 0.4) is 0 Å². The molecule has 0 saturated carbocycles. The van der Waals surface area contributed by atoms with Gasteiger partial charge in [-0.1, -0.05) is 93.6 Å². The number of fused-ring (bicyclic) bond motifs is 3. The van der Waals surface area contributed by atoms with Crippen molar-refractivity contribution in [3.8, 4) is 11.1 Å². The molecule has 0 aliphatic heterocycles. The van der Waals surface area contributed by atoms with E-state index in [1.54, 1.807) is 24.3 Å². The Bertz CT molecular complexity index is 1450. The van der Waals surface area contributed by atoms with E-state index in [-0.39, 0.29) is 37.4 Å². The van der Waals surface area contributed by atoms with E-state index < -0.39 is 36.5 Å². The highest BCUT2D eigenvalue weighted by Crippen LogP contribution is 2.48. The lowest BCUT2D eigenvalue weighted by atomic mass is 9.81. The first-order valence-corrected chi connectivity index (χ1v) is 13.9. The summed E-state index contributed by atoms with van der Waals surface area (Å²) in [7, 11) is 0. The summed E-state index contributed by atoms with van der Waals surface area (Å²) in [5.41, 5.74) is 6.35. The number of carboxylic acids is 1. The highest BCUT2D eigenvalue weighted by molar-refractivity contribution is 5.87. The third-order valence-electron chi connectivity index (χ3n) is 7.15. The van der Waals surface area contributed by atoms with Crippen molar-refractivity contribution in [2.45, 2.75) is 57.6 Å². The molecule has 9 heteroatoms. The van der Waals surface area contributed by atoms with Gasteiger partial charge in [0.1, 0.15) is 25.8 Å². The van der Waals surface area contributed by atoms with Crippen LogP contribution in [0.5, 0.6) is 0 Å². The molecule has 0 spiro atoms. The number of aliphatic carboxylic acids is 1. The molecule has 2 atom stereocenters. The fraction of sp³-hybridized carbons (Fsp3) is 0.333. The third-order valence-corrected chi connectivity index (χ3v) is 7.15. The number of carbonyl (C=O) groups excluding carboxylic acids is 3. The second kappa shape index (κ2) is 13.3. The van der Waals surface area contributed by atoms with Gasteiger partial charge in [-0.05, 0) is 45.2 Å². The fourth-order valence-electron chi connectivity index (χ4n) is 5.12. The molecular formula is C33H36N2O7. The zero-order valence-corrected chi connectivity index (χ0v) is 24.0. The van der Waals surface area contributed by atoms with Crippen LogP contribution in [0.15, 0.2) is 72.8 Å². The molecule has 2 amide bonds. The molecular weight excluding hydrogens is 536 g/mol. The van der Waals surface area contributed by atoms with Gasteiger partial charge in [-0.25, -0.2) is 9.59 Å². The van der Waals surface area contributed by atoms with Crippen LogP contribution in [-0.2, 0) is 35.9 Å². The van der Waals surface area contributed by atoms with Crippen LogP contribution in [0.1, 0.15) is 61.8 Å². The maximum absolute atomic E-state index is 12.6. The van der Waals surface area contributed by atoms with E-state index in [0.717, 1.165) is 22.3 Å². The first kappa shape index (κ1) is 30.3. The minimum absolute atomic E-state index is 0.0195. The first-order chi connectivity index (χ1) is 20.0. The zero-order chi connectivity index (χ0) is 30.3. The molecule has 1 aliphatic rings. The molecule has 0 radical (unpaired) electrons. The number of hydrogen-bond donors (Lipinski definition) is 3. The van der Waals surface area contributed by atoms with E-state index in [0.29, 0.717) is 0 Å². The predicted molar refractivity (Wildman–Crippen MR) is 157 cm³/mol. The molecule has 4 rings (SSSR count). The Morgan fingerprint density at radius 3 is 2.29 bits per heavy atom. The topological polar surface area (TPSA) is 131 Å². The average Bonchev–Trinajstić information content (AvgIpc) is 3.29. The molecule has 220 valence electrons. The van der Waals surface area contributed by atoms with Gasteiger partial charge in [0.15, 0.2) is 0 Å². The molecule has 0 bridgehead atoms. The Morgan fingerprint density at radius 2 is 1.57 bits per heavy atom. The van der Waals surface area contributed by atoms with Crippen LogP contribution in [0.25, 0.3) is 11.1 Å². The molecule has 0 aromatic heterocycles. The van der Waals surface area contributed by atoms with Crippen molar-refractivity contribution < 1.29 is 33.8 Å². The standard InChI is InChI=1S/C33H36N2O7/c1-33(2,3)26-15-9-14-24-25(22-12-7-8-13-23(22)30(24)26)20-42-32(40)34-18-28(36)35-27(16-17-29(37)38)31(39)41-19-21-10-5-4-6-11-21/h4-15,25,27H,16-20H2,1-3H3,(H,34,40)(H,35,36)(H,37,38). The Hall–Kier alpha value is -4.66. The summed E-state index contributed by atoms with van der Waals surface area (Å²) in [5, 5.41) is 13.9. The lowest BCUT2D eigenvalue weighted by Crippen LogP contribution is -2.46. The number of carbonyl (C=O) groups is 4. The number of nitrogens with one attached hydrogen (secondary N) is 2. The monoisotopic (exact) mass is 572 g/mol. The number of rotatable bonds is 11. The SMILES string of the molecule is CC(C)(C)c1cccc2c1-c1ccccc1C2COC(=O)NCC(=O)NC(CCC(=O)O)C(=O)OCc1ccccc1. The number of amides is 2. The molecule has 3 aromatic rings. The van der Waals surface area contributed by atoms with Gasteiger partial charge in [-0.3, -0.25) is 9.59 Å². The smallest absolute Gasteiger partial charge is 0.407 e. The Kier molecular flexibility index (Phi) is 9.62. The van der Waals surface area contributed by atoms with E-state index >= 15 is 0 Å². The largest absolute Gasteiger partial charge is 0.481 e. The molecule has 42 heavy (non-hydrogen) atoms. The molecule has 1 aliphatic carbocycles. The van der Waals surface area contributed by atoms with Gasteiger partial charge in [-0.2, -0.15) is 0 Å². The van der Waals surface area contributed by atoms with Crippen LogP contribution in [0.4, 0.5) is 4.79 Å². The highest BCUT2D eigenvalue weighted by atomic mass is 16.5. The number of esters is 1. The Balaban J connectivity index is 1.33. The number of carboxylic acid groups (broad SMARTS) is 1. The Morgan fingerprint density at radius 1 is 0.881 bits per heavy atom. The normalized spacial score (nSPS) is 14.2. The van der Waals surface area contributed by atoms with Gasteiger partial charge in [0.25, 0.3) is 0 Å². The maximum atomic E-state index is 12.6. The van der Waals surface area contributed by atoms with Crippen LogP contribution < -0.4 is 10.6 Å². The number of alkyl carbamates (subject to hydrolysis) is 1. The van der Waals surface area contributed by atoms with Crippen molar-refractivity contribution in [3.05, 3.63) is 95.1 Å². The van der Waals surface area contributed by atoms with E-state index in [1.807, 2.05) is 30.3 Å². The molecule has 3 N–H and O–H groups in total. The quantitative estimate of drug-likeness (QED) is 0.278. The van der Waals surface area contributed by atoms with Crippen molar-refractivity contribution in [2.24, 2.45) is 0 Å². The van der Waals surface area contributed by atoms with Crippen molar-refractivity contribution in [1.29, 1.82) is 0 Å². The van der Waals surface area contributed by atoms with Gasteiger partial charge in [0, 0.05) is 12.3 Å². The number of hydrogen-bond acceptors (Lipinski definition) is 6. The number of benzene rings is 3. The molecule has 3 aromatic carbocycles. The van der Waals surface area contributed by atoms with Crippen LogP contribution in [-0.4, -0.2) is 48.2 Å². The molecule has 0 heterocycles. The highest BCUT2D eigenvalue weighted by Gasteiger charge is 2.33. The van der Waals surface area contributed by atoms with Crippen LogP contribution in [0, 0.1) is 0 Å². The number of ether oxygens (including phenoxy) is 2. The fourth-order valence-corrected chi connectivity index (χ4v) is 5.12. The summed E-state index contributed by atoms with van der Waals surface area (Å²) >= 11 is 0. The first-order valence-electron chi connectivity index (χ1n) is 13.9. The van der Waals surface area contributed by atoms with Crippen molar-refractivity contribution >= 4 is 23.9 Å². The van der Waals surface area contributed by atoms with E-state index in [1.165, 1.54) is 11.1 Å². The summed E-state index contributed by atoms with van der Waals surface area (Å²) < 4.78 is 10.8. The summed E-state index contributed by atoms with van der Waals surface area (Å²) in [5.74, 6) is -2.70. The Labute approximate surface area is 245 Å². The van der Waals surface area contributed by atoms with Gasteiger partial charge < -0.3 is 25.2 Å². The summed E-state index contributed by atoms with van der Waals surface area (Å²) in [6.45, 7) is 6.11. The minimum Gasteiger partial charge on any atom is -0.481 e. The average molecular weight is 573 g/mol. The van der Waals surface area contributed by atoms with E-state index in [2.05, 4.69) is 49.6 Å². The van der Waals surface area contributed by atoms with Crippen molar-refractivity contribution in [3.63, 3.8) is 0 Å². The molecule has 2 unspecified atom stereocenters. The summed E-state index contributed by atoms with van der Waals surface area (Å²) in [6.07, 6.45) is -1.28. The lowest BCUT2D eigenvalue weighted by molar-refractivity contribution is -0.149. The zero-order valence-electron chi connectivity index (χ0n) is 24.0. The van der Waals surface area contributed by atoms with Gasteiger partial charge in [0.2, 0.25) is 5.91 Å². The van der Waals surface area contributed by atoms with Crippen molar-refractivity contribution in [2.75, 3.05) is 13.2 Å².